The molecule has 3 rings (SSSR count). The van der Waals surface area contributed by atoms with Gasteiger partial charge in [0.1, 0.15) is 0 Å². The maximum Gasteiger partial charge on any atom is 0.252 e. The lowest BCUT2D eigenvalue weighted by molar-refractivity contribution is 0.0954. The summed E-state index contributed by atoms with van der Waals surface area (Å²) >= 11 is 5.88. The highest BCUT2D eigenvalue weighted by atomic mass is 35.5. The van der Waals surface area contributed by atoms with Gasteiger partial charge in [0.15, 0.2) is 0 Å². The van der Waals surface area contributed by atoms with Crippen LogP contribution in [0, 0.1) is 5.92 Å². The Balaban J connectivity index is 1.56. The molecule has 0 radical (unpaired) electrons. The Kier molecular flexibility index (Phi) is 5.92. The molecule has 1 aromatic heterocycles. The number of amides is 1. The maximum atomic E-state index is 12.4. The zero-order valence-corrected chi connectivity index (χ0v) is 15.3. The van der Waals surface area contributed by atoms with Crippen LogP contribution in [0.2, 0.25) is 5.02 Å². The van der Waals surface area contributed by atoms with E-state index >= 15 is 0 Å². The highest BCUT2D eigenvalue weighted by molar-refractivity contribution is 6.30. The molecule has 2 heterocycles. The number of hydrogen-bond donors (Lipinski definition) is 1. The van der Waals surface area contributed by atoms with E-state index < -0.39 is 0 Å². The van der Waals surface area contributed by atoms with Gasteiger partial charge >= 0.3 is 0 Å². The minimum absolute atomic E-state index is 0.0756. The van der Waals surface area contributed by atoms with E-state index in [4.69, 9.17) is 11.6 Å². The summed E-state index contributed by atoms with van der Waals surface area (Å²) in [5.74, 6) is 0.610. The van der Waals surface area contributed by atoms with Crippen molar-refractivity contribution in [2.45, 2.75) is 26.2 Å². The summed E-state index contributed by atoms with van der Waals surface area (Å²) < 4.78 is 0. The molecule has 0 saturated carbocycles. The largest absolute Gasteiger partial charge is 0.370 e. The Bertz CT molecular complexity index is 717. The smallest absolute Gasteiger partial charge is 0.252 e. The summed E-state index contributed by atoms with van der Waals surface area (Å²) in [7, 11) is 0. The van der Waals surface area contributed by atoms with Gasteiger partial charge in [-0.15, -0.1) is 0 Å². The highest BCUT2D eigenvalue weighted by Gasteiger charge is 2.18. The van der Waals surface area contributed by atoms with Crippen LogP contribution < -0.4 is 10.2 Å². The van der Waals surface area contributed by atoms with Crippen molar-refractivity contribution in [3.8, 4) is 0 Å². The number of hydrogen-bond acceptors (Lipinski definition) is 3. The molecule has 0 spiro atoms. The fourth-order valence-corrected chi connectivity index (χ4v) is 3.35. The average Bonchev–Trinajstić information content (AvgIpc) is 2.63. The molecule has 5 heteroatoms. The average molecular weight is 358 g/mol. The van der Waals surface area contributed by atoms with Crippen molar-refractivity contribution in [3.63, 3.8) is 0 Å². The molecule has 2 aromatic rings. The van der Waals surface area contributed by atoms with Crippen LogP contribution in [0.3, 0.4) is 0 Å². The second kappa shape index (κ2) is 8.34. The van der Waals surface area contributed by atoms with Crippen molar-refractivity contribution in [1.82, 2.24) is 10.3 Å². The van der Waals surface area contributed by atoms with E-state index in [2.05, 4.69) is 22.1 Å². The van der Waals surface area contributed by atoms with E-state index in [9.17, 15) is 4.79 Å². The highest BCUT2D eigenvalue weighted by Crippen LogP contribution is 2.22. The lowest BCUT2D eigenvalue weighted by atomic mass is 10.00. The lowest BCUT2D eigenvalue weighted by Crippen LogP contribution is -2.34. The Labute approximate surface area is 154 Å². The normalized spacial score (nSPS) is 17.4. The van der Waals surface area contributed by atoms with Crippen molar-refractivity contribution < 1.29 is 4.79 Å². The number of nitrogens with zero attached hydrogens (tertiary/aromatic N) is 2. The number of carbonyl (C=O) groups is 1. The SMILES string of the molecule is CC1CCCN(c2cncc(C(=O)NCCc3ccc(Cl)cc3)c2)C1. The number of nitrogens with one attached hydrogen (secondary N) is 1. The molecule has 1 aromatic carbocycles. The van der Waals surface area contributed by atoms with Gasteiger partial charge in [0, 0.05) is 30.9 Å². The molecule has 1 atom stereocenters. The van der Waals surface area contributed by atoms with Crippen LogP contribution in [0.15, 0.2) is 42.7 Å². The Morgan fingerprint density at radius 2 is 2.12 bits per heavy atom. The van der Waals surface area contributed by atoms with Gasteiger partial charge in [-0.2, -0.15) is 0 Å². The minimum atomic E-state index is -0.0756. The van der Waals surface area contributed by atoms with Gasteiger partial charge in [0.05, 0.1) is 17.4 Å². The molecule has 1 aliphatic heterocycles. The molecule has 132 valence electrons. The second-order valence-electron chi connectivity index (χ2n) is 6.76. The van der Waals surface area contributed by atoms with Crippen molar-refractivity contribution >= 4 is 23.2 Å². The molecular formula is C20H24ClN3O. The van der Waals surface area contributed by atoms with Crippen molar-refractivity contribution in [3.05, 3.63) is 58.9 Å². The maximum absolute atomic E-state index is 12.4. The van der Waals surface area contributed by atoms with Crippen molar-refractivity contribution in [2.24, 2.45) is 5.92 Å². The zero-order chi connectivity index (χ0) is 17.6. The van der Waals surface area contributed by atoms with Crippen molar-refractivity contribution in [1.29, 1.82) is 0 Å². The molecule has 25 heavy (non-hydrogen) atoms. The lowest BCUT2D eigenvalue weighted by Gasteiger charge is -2.32. The van der Waals surface area contributed by atoms with Crippen molar-refractivity contribution in [2.75, 3.05) is 24.5 Å². The molecule has 0 bridgehead atoms. The number of halogens is 1. The topological polar surface area (TPSA) is 45.2 Å². The zero-order valence-electron chi connectivity index (χ0n) is 14.5. The third kappa shape index (κ3) is 4.95. The van der Waals surface area contributed by atoms with Gasteiger partial charge in [0.25, 0.3) is 5.91 Å². The van der Waals surface area contributed by atoms with E-state index in [0.29, 0.717) is 18.0 Å². The van der Waals surface area contributed by atoms with E-state index in [1.807, 2.05) is 36.5 Å². The summed E-state index contributed by atoms with van der Waals surface area (Å²) in [5.41, 5.74) is 2.81. The number of rotatable bonds is 5. The van der Waals surface area contributed by atoms with Gasteiger partial charge in [-0.3, -0.25) is 9.78 Å². The third-order valence-corrected chi connectivity index (χ3v) is 4.87. The molecule has 1 fully saturated rings. The summed E-state index contributed by atoms with van der Waals surface area (Å²) in [6.45, 7) is 4.93. The quantitative estimate of drug-likeness (QED) is 0.881. The molecule has 1 N–H and O–H groups in total. The van der Waals surface area contributed by atoms with E-state index in [0.717, 1.165) is 35.8 Å². The van der Waals surface area contributed by atoms with Crippen LogP contribution in [0.4, 0.5) is 5.69 Å². The van der Waals surface area contributed by atoms with Gasteiger partial charge in [0.2, 0.25) is 0 Å². The number of carbonyl (C=O) groups excluding carboxylic acids is 1. The van der Waals surface area contributed by atoms with Crippen LogP contribution in [-0.4, -0.2) is 30.5 Å². The number of aromatic nitrogens is 1. The minimum Gasteiger partial charge on any atom is -0.370 e. The third-order valence-electron chi connectivity index (χ3n) is 4.62. The first kappa shape index (κ1) is 17.7. The monoisotopic (exact) mass is 357 g/mol. The second-order valence-corrected chi connectivity index (χ2v) is 7.19. The summed E-state index contributed by atoms with van der Waals surface area (Å²) in [4.78, 5) is 19.0. The first-order valence-electron chi connectivity index (χ1n) is 8.84. The van der Waals surface area contributed by atoms with Gasteiger partial charge < -0.3 is 10.2 Å². The van der Waals surface area contributed by atoms with Crippen LogP contribution in [0.1, 0.15) is 35.7 Å². The van der Waals surface area contributed by atoms with Crippen LogP contribution >= 0.6 is 11.6 Å². The molecule has 4 nitrogen and oxygen atoms in total. The summed E-state index contributed by atoms with van der Waals surface area (Å²) in [6.07, 6.45) is 6.73. The predicted octanol–water partition coefficient (Wildman–Crippen LogP) is 3.94. The van der Waals surface area contributed by atoms with E-state index in [1.165, 1.54) is 12.8 Å². The summed E-state index contributed by atoms with van der Waals surface area (Å²) in [6, 6.07) is 9.64. The van der Waals surface area contributed by atoms with Gasteiger partial charge in [-0.25, -0.2) is 0 Å². The van der Waals surface area contributed by atoms with Crippen LogP contribution in [-0.2, 0) is 6.42 Å². The Morgan fingerprint density at radius 1 is 1.32 bits per heavy atom. The van der Waals surface area contributed by atoms with E-state index in [-0.39, 0.29) is 5.91 Å². The van der Waals surface area contributed by atoms with E-state index in [1.54, 1.807) is 6.20 Å². The number of benzene rings is 1. The molecule has 1 amide bonds. The number of piperidine rings is 1. The molecule has 1 aliphatic rings. The standard InChI is InChI=1S/C20H24ClN3O/c1-15-3-2-10-24(14-15)19-11-17(12-22-13-19)20(25)23-9-8-16-4-6-18(21)7-5-16/h4-7,11-13,15H,2-3,8-10,14H2,1H3,(H,23,25). The predicted molar refractivity (Wildman–Crippen MR) is 102 cm³/mol. The molecular weight excluding hydrogens is 334 g/mol. The Hall–Kier alpha value is -2.07. The summed E-state index contributed by atoms with van der Waals surface area (Å²) in [5, 5.41) is 3.70. The van der Waals surface area contributed by atoms with Crippen LogP contribution in [0.25, 0.3) is 0 Å². The number of anilines is 1. The van der Waals surface area contributed by atoms with Crippen LogP contribution in [0.5, 0.6) is 0 Å². The molecule has 0 aliphatic carbocycles. The van der Waals surface area contributed by atoms with Gasteiger partial charge in [-0.1, -0.05) is 30.7 Å². The first-order chi connectivity index (χ1) is 12.1. The fraction of sp³-hybridized carbons (Fsp3) is 0.400. The molecule has 1 saturated heterocycles. The number of pyridine rings is 1. The Morgan fingerprint density at radius 3 is 2.88 bits per heavy atom. The first-order valence-corrected chi connectivity index (χ1v) is 9.22. The molecule has 1 unspecified atom stereocenters. The fourth-order valence-electron chi connectivity index (χ4n) is 3.22. The van der Waals surface area contributed by atoms with Gasteiger partial charge in [-0.05, 0) is 48.9 Å².